The molecule has 1 aromatic heterocycles. The smallest absolute Gasteiger partial charge is 0.407 e. The predicted molar refractivity (Wildman–Crippen MR) is 90.7 cm³/mol. The molecule has 2 heterocycles. The number of carboxylic acid groups (broad SMARTS) is 1. The van der Waals surface area contributed by atoms with Gasteiger partial charge in [-0.05, 0) is 41.8 Å². The third-order valence-electron chi connectivity index (χ3n) is 4.78. The molecule has 0 atom stereocenters. The van der Waals surface area contributed by atoms with E-state index in [-0.39, 0.29) is 5.56 Å². The maximum atomic E-state index is 14.1. The molecule has 0 bridgehead atoms. The van der Waals surface area contributed by atoms with Gasteiger partial charge in [0.25, 0.3) is 0 Å². The summed E-state index contributed by atoms with van der Waals surface area (Å²) in [7, 11) is 0. The highest BCUT2D eigenvalue weighted by Crippen LogP contribution is 2.32. The van der Waals surface area contributed by atoms with E-state index < -0.39 is 17.7 Å². The van der Waals surface area contributed by atoms with Crippen molar-refractivity contribution in [3.63, 3.8) is 0 Å². The van der Waals surface area contributed by atoms with Crippen LogP contribution in [0.3, 0.4) is 0 Å². The summed E-state index contributed by atoms with van der Waals surface area (Å²) in [6.07, 6.45) is 0.244. The van der Waals surface area contributed by atoms with E-state index in [1.807, 2.05) is 6.07 Å². The van der Waals surface area contributed by atoms with Crippen LogP contribution in [0.25, 0.3) is 22.0 Å². The van der Waals surface area contributed by atoms with Gasteiger partial charge in [0.2, 0.25) is 0 Å². The zero-order valence-electron chi connectivity index (χ0n) is 13.4. The van der Waals surface area contributed by atoms with Crippen molar-refractivity contribution in [2.24, 2.45) is 0 Å². The highest BCUT2D eigenvalue weighted by atomic mass is 19.1. The molecule has 0 aliphatic carbocycles. The molecule has 0 fully saturated rings. The number of aromatic nitrogens is 1. The number of hydrogen-bond acceptors (Lipinski definition) is 1. The molecule has 1 aliphatic rings. The largest absolute Gasteiger partial charge is 0.465 e. The second kappa shape index (κ2) is 5.88. The van der Waals surface area contributed by atoms with Crippen LogP contribution in [0.5, 0.6) is 0 Å². The van der Waals surface area contributed by atoms with Gasteiger partial charge in [0.1, 0.15) is 11.6 Å². The summed E-state index contributed by atoms with van der Waals surface area (Å²) in [5, 5.41) is 10.1. The van der Waals surface area contributed by atoms with Crippen LogP contribution < -0.4 is 0 Å². The van der Waals surface area contributed by atoms with E-state index in [0.29, 0.717) is 31.5 Å². The van der Waals surface area contributed by atoms with E-state index in [0.717, 1.165) is 22.2 Å². The normalized spacial score (nSPS) is 14.4. The molecule has 4 rings (SSSR count). The van der Waals surface area contributed by atoms with Gasteiger partial charge in [-0.15, -0.1) is 0 Å². The van der Waals surface area contributed by atoms with Gasteiger partial charge in [0, 0.05) is 36.1 Å². The standard InChI is InChI=1S/C19H16F2N2O2/c20-14-2-1-3-15(21)18(14)11-4-5-16-13(10-11)12-6-8-23(19(24)25)9-7-17(12)22-16/h1-5,10,22H,6-9H2,(H,24,25). The first-order valence-corrected chi connectivity index (χ1v) is 8.10. The predicted octanol–water partition coefficient (Wildman–Crippen LogP) is 4.19. The Hall–Kier alpha value is -2.89. The van der Waals surface area contributed by atoms with Crippen LogP contribution in [0.2, 0.25) is 0 Å². The van der Waals surface area contributed by atoms with Gasteiger partial charge in [0.05, 0.1) is 5.56 Å². The van der Waals surface area contributed by atoms with Crippen LogP contribution in [0.15, 0.2) is 36.4 Å². The maximum absolute atomic E-state index is 14.1. The van der Waals surface area contributed by atoms with Crippen LogP contribution in [0, 0.1) is 11.6 Å². The van der Waals surface area contributed by atoms with Crippen molar-refractivity contribution in [2.75, 3.05) is 13.1 Å². The molecule has 128 valence electrons. The van der Waals surface area contributed by atoms with Crippen molar-refractivity contribution < 1.29 is 18.7 Å². The van der Waals surface area contributed by atoms with Gasteiger partial charge in [-0.3, -0.25) is 0 Å². The Kier molecular flexibility index (Phi) is 3.67. The highest BCUT2D eigenvalue weighted by Gasteiger charge is 2.21. The van der Waals surface area contributed by atoms with Crippen LogP contribution in [0.4, 0.5) is 13.6 Å². The Balaban J connectivity index is 1.81. The Morgan fingerprint density at radius 3 is 2.52 bits per heavy atom. The number of fused-ring (bicyclic) bond motifs is 3. The molecule has 0 unspecified atom stereocenters. The topological polar surface area (TPSA) is 56.3 Å². The zero-order valence-corrected chi connectivity index (χ0v) is 13.4. The van der Waals surface area contributed by atoms with Gasteiger partial charge in [-0.1, -0.05) is 12.1 Å². The molecule has 6 heteroatoms. The first-order valence-electron chi connectivity index (χ1n) is 8.10. The Morgan fingerprint density at radius 2 is 1.80 bits per heavy atom. The number of rotatable bonds is 1. The van der Waals surface area contributed by atoms with Crippen LogP contribution in [0.1, 0.15) is 11.3 Å². The lowest BCUT2D eigenvalue weighted by atomic mass is 10.00. The van der Waals surface area contributed by atoms with Crippen molar-refractivity contribution in [1.82, 2.24) is 9.88 Å². The van der Waals surface area contributed by atoms with Gasteiger partial charge in [-0.25, -0.2) is 13.6 Å². The number of nitrogens with one attached hydrogen (secondary N) is 1. The molecule has 0 saturated carbocycles. The zero-order chi connectivity index (χ0) is 17.6. The fraction of sp³-hybridized carbons (Fsp3) is 0.211. The summed E-state index contributed by atoms with van der Waals surface area (Å²) < 4.78 is 28.2. The average molecular weight is 342 g/mol. The van der Waals surface area contributed by atoms with Crippen molar-refractivity contribution in [1.29, 1.82) is 0 Å². The fourth-order valence-corrected chi connectivity index (χ4v) is 3.53. The fourth-order valence-electron chi connectivity index (χ4n) is 3.53. The number of hydrogen-bond donors (Lipinski definition) is 2. The summed E-state index contributed by atoms with van der Waals surface area (Å²) in [6.45, 7) is 0.845. The monoisotopic (exact) mass is 342 g/mol. The van der Waals surface area contributed by atoms with E-state index in [9.17, 15) is 18.7 Å². The third kappa shape index (κ3) is 2.63. The molecule has 1 aliphatic heterocycles. The second-order valence-corrected chi connectivity index (χ2v) is 6.21. The lowest BCUT2D eigenvalue weighted by Gasteiger charge is -2.15. The molecule has 25 heavy (non-hydrogen) atoms. The number of H-pyrrole nitrogens is 1. The number of halogens is 2. The number of benzene rings is 2. The summed E-state index contributed by atoms with van der Waals surface area (Å²) in [6, 6.07) is 9.12. The van der Waals surface area contributed by atoms with Crippen LogP contribution in [-0.2, 0) is 12.8 Å². The Morgan fingerprint density at radius 1 is 1.08 bits per heavy atom. The van der Waals surface area contributed by atoms with Crippen molar-refractivity contribution in [3.05, 3.63) is 59.3 Å². The molecule has 0 spiro atoms. The number of nitrogens with zero attached hydrogens (tertiary/aromatic N) is 1. The summed E-state index contributed by atoms with van der Waals surface area (Å²) in [5.74, 6) is -1.20. The number of aromatic amines is 1. The lowest BCUT2D eigenvalue weighted by Crippen LogP contribution is -2.31. The summed E-state index contributed by atoms with van der Waals surface area (Å²) >= 11 is 0. The Bertz CT molecular complexity index is 961. The van der Waals surface area contributed by atoms with Gasteiger partial charge >= 0.3 is 6.09 Å². The van der Waals surface area contributed by atoms with Gasteiger partial charge in [-0.2, -0.15) is 0 Å². The minimum absolute atomic E-state index is 0.0415. The average Bonchev–Trinajstić information content (AvgIpc) is 2.78. The quantitative estimate of drug-likeness (QED) is 0.697. The van der Waals surface area contributed by atoms with E-state index in [4.69, 9.17) is 0 Å². The molecule has 3 aromatic rings. The number of amides is 1. The molecular formula is C19H16F2N2O2. The van der Waals surface area contributed by atoms with Crippen LogP contribution >= 0.6 is 0 Å². The number of carbonyl (C=O) groups is 1. The van der Waals surface area contributed by atoms with E-state index >= 15 is 0 Å². The summed E-state index contributed by atoms with van der Waals surface area (Å²) in [5.41, 5.74) is 3.35. The maximum Gasteiger partial charge on any atom is 0.407 e. The van der Waals surface area contributed by atoms with Gasteiger partial charge in [0.15, 0.2) is 0 Å². The molecule has 2 aromatic carbocycles. The highest BCUT2D eigenvalue weighted by molar-refractivity contribution is 5.89. The van der Waals surface area contributed by atoms with E-state index in [1.54, 1.807) is 12.1 Å². The molecule has 1 amide bonds. The SMILES string of the molecule is O=C(O)N1CCc2[nH]c3ccc(-c4c(F)cccc4F)cc3c2CC1. The summed E-state index contributed by atoms with van der Waals surface area (Å²) in [4.78, 5) is 15.9. The van der Waals surface area contributed by atoms with Crippen molar-refractivity contribution in [3.8, 4) is 11.1 Å². The van der Waals surface area contributed by atoms with Crippen molar-refractivity contribution in [2.45, 2.75) is 12.8 Å². The molecule has 0 saturated heterocycles. The minimum atomic E-state index is -0.927. The van der Waals surface area contributed by atoms with Gasteiger partial charge < -0.3 is 15.0 Å². The molecule has 2 N–H and O–H groups in total. The first kappa shape index (κ1) is 15.6. The van der Waals surface area contributed by atoms with Crippen LogP contribution in [-0.4, -0.2) is 34.2 Å². The van der Waals surface area contributed by atoms with Crippen molar-refractivity contribution >= 4 is 17.0 Å². The van der Waals surface area contributed by atoms with E-state index in [2.05, 4.69) is 4.98 Å². The lowest BCUT2D eigenvalue weighted by molar-refractivity contribution is 0.147. The molecule has 4 nitrogen and oxygen atoms in total. The molecular weight excluding hydrogens is 326 g/mol. The van der Waals surface area contributed by atoms with E-state index in [1.165, 1.54) is 23.1 Å². The first-order chi connectivity index (χ1) is 12.0. The Labute approximate surface area is 142 Å². The minimum Gasteiger partial charge on any atom is -0.465 e. The second-order valence-electron chi connectivity index (χ2n) is 6.21. The molecule has 0 radical (unpaired) electrons. The third-order valence-corrected chi connectivity index (χ3v) is 4.78.